The maximum absolute atomic E-state index is 8.60. The fraction of sp³-hybridized carbons (Fsp3) is 0.188. The lowest BCUT2D eigenvalue weighted by Gasteiger charge is -2.06. The molecule has 0 N–H and O–H groups in total. The second-order valence-corrected chi connectivity index (χ2v) is 5.74. The predicted octanol–water partition coefficient (Wildman–Crippen LogP) is 4.58. The highest BCUT2D eigenvalue weighted by Gasteiger charge is 1.98. The van der Waals surface area contributed by atoms with Gasteiger partial charge in [-0.25, -0.2) is 0 Å². The molecule has 2 nitrogen and oxygen atoms in total. The number of thioether (sulfide) groups is 1. The molecule has 4 heteroatoms. The molecule has 0 amide bonds. The summed E-state index contributed by atoms with van der Waals surface area (Å²) in [4.78, 5) is 1.14. The summed E-state index contributed by atoms with van der Waals surface area (Å²) in [6.45, 7) is 0.634. The third kappa shape index (κ3) is 4.80. The molecular weight excluding hydrogens is 290 g/mol. The van der Waals surface area contributed by atoms with E-state index in [1.807, 2.05) is 48.5 Å². The van der Waals surface area contributed by atoms with Gasteiger partial charge in [0.2, 0.25) is 0 Å². The fourth-order valence-electron chi connectivity index (χ4n) is 1.67. The van der Waals surface area contributed by atoms with Crippen LogP contribution in [0.3, 0.4) is 0 Å². The molecule has 0 saturated heterocycles. The van der Waals surface area contributed by atoms with Gasteiger partial charge in [0.15, 0.2) is 0 Å². The lowest BCUT2D eigenvalue weighted by molar-refractivity contribution is 0.344. The molecule has 2 aromatic rings. The lowest BCUT2D eigenvalue weighted by Crippen LogP contribution is -2.00. The number of ether oxygens (including phenoxy) is 1. The van der Waals surface area contributed by atoms with E-state index in [9.17, 15) is 0 Å². The molecule has 20 heavy (non-hydrogen) atoms. The Kier molecular flexibility index (Phi) is 5.79. The summed E-state index contributed by atoms with van der Waals surface area (Å²) in [6.07, 6.45) is 0.435. The first-order valence-electron chi connectivity index (χ1n) is 6.25. The van der Waals surface area contributed by atoms with Gasteiger partial charge in [-0.05, 0) is 35.9 Å². The van der Waals surface area contributed by atoms with E-state index in [-0.39, 0.29) is 0 Å². The van der Waals surface area contributed by atoms with Gasteiger partial charge in [0.05, 0.1) is 19.1 Å². The molecule has 0 aliphatic heterocycles. The highest BCUT2D eigenvalue weighted by molar-refractivity contribution is 7.99. The topological polar surface area (TPSA) is 33.0 Å². The number of halogens is 1. The quantitative estimate of drug-likeness (QED) is 0.578. The van der Waals surface area contributed by atoms with Crippen molar-refractivity contribution in [2.45, 2.75) is 11.3 Å². The van der Waals surface area contributed by atoms with Crippen LogP contribution in [0.1, 0.15) is 5.56 Å². The van der Waals surface area contributed by atoms with Crippen molar-refractivity contribution in [3.05, 3.63) is 59.1 Å². The van der Waals surface area contributed by atoms with Gasteiger partial charge in [-0.2, -0.15) is 5.26 Å². The molecular formula is C16H14ClNOS. The van der Waals surface area contributed by atoms with Gasteiger partial charge in [-0.15, -0.1) is 11.8 Å². The summed E-state index contributed by atoms with van der Waals surface area (Å²) in [5.41, 5.74) is 1.01. The van der Waals surface area contributed by atoms with E-state index in [0.717, 1.165) is 27.0 Å². The van der Waals surface area contributed by atoms with Crippen LogP contribution in [0.2, 0.25) is 5.02 Å². The van der Waals surface area contributed by atoms with Crippen molar-refractivity contribution in [2.75, 3.05) is 12.4 Å². The highest BCUT2D eigenvalue weighted by atomic mass is 35.5. The summed E-state index contributed by atoms with van der Waals surface area (Å²) >= 11 is 7.64. The van der Waals surface area contributed by atoms with Crippen LogP contribution in [0, 0.1) is 11.3 Å². The third-order valence-electron chi connectivity index (χ3n) is 2.62. The van der Waals surface area contributed by atoms with E-state index in [1.165, 1.54) is 0 Å². The molecule has 0 radical (unpaired) electrons. The minimum absolute atomic E-state index is 0.435. The van der Waals surface area contributed by atoms with E-state index in [2.05, 4.69) is 6.07 Å². The van der Waals surface area contributed by atoms with Crippen molar-refractivity contribution in [3.8, 4) is 11.8 Å². The number of hydrogen-bond acceptors (Lipinski definition) is 3. The van der Waals surface area contributed by atoms with Crippen LogP contribution in [-0.2, 0) is 6.42 Å². The van der Waals surface area contributed by atoms with Crippen molar-refractivity contribution in [2.24, 2.45) is 0 Å². The first-order valence-corrected chi connectivity index (χ1v) is 7.61. The molecule has 0 unspecified atom stereocenters. The zero-order valence-corrected chi connectivity index (χ0v) is 12.5. The molecule has 102 valence electrons. The largest absolute Gasteiger partial charge is 0.493 e. The smallest absolute Gasteiger partial charge is 0.119 e. The molecule has 0 heterocycles. The van der Waals surface area contributed by atoms with Crippen molar-refractivity contribution in [1.29, 1.82) is 5.26 Å². The molecule has 0 atom stereocenters. The number of nitrogens with zero attached hydrogens (tertiary/aromatic N) is 1. The first-order chi connectivity index (χ1) is 9.78. The maximum Gasteiger partial charge on any atom is 0.119 e. The fourth-order valence-corrected chi connectivity index (χ4v) is 2.71. The van der Waals surface area contributed by atoms with Gasteiger partial charge >= 0.3 is 0 Å². The average Bonchev–Trinajstić information content (AvgIpc) is 2.46. The van der Waals surface area contributed by atoms with Gasteiger partial charge in [-0.3, -0.25) is 0 Å². The molecule has 0 aliphatic carbocycles. The van der Waals surface area contributed by atoms with E-state index in [4.69, 9.17) is 21.6 Å². The second-order valence-electron chi connectivity index (χ2n) is 4.13. The van der Waals surface area contributed by atoms with Crippen LogP contribution >= 0.6 is 23.4 Å². The number of nitriles is 1. The molecule has 0 bridgehead atoms. The van der Waals surface area contributed by atoms with E-state index in [0.29, 0.717) is 13.0 Å². The zero-order valence-electron chi connectivity index (χ0n) is 10.9. The lowest BCUT2D eigenvalue weighted by atomic mass is 10.2. The molecule has 0 spiro atoms. The Bertz CT molecular complexity index is 592. The SMILES string of the molecule is N#CCc1ccc(OCCSc2cccc(Cl)c2)cc1. The van der Waals surface area contributed by atoms with E-state index < -0.39 is 0 Å². The minimum Gasteiger partial charge on any atom is -0.493 e. The monoisotopic (exact) mass is 303 g/mol. The summed E-state index contributed by atoms with van der Waals surface area (Å²) < 4.78 is 5.65. The van der Waals surface area contributed by atoms with Crippen LogP contribution in [0.15, 0.2) is 53.4 Å². The predicted molar refractivity (Wildman–Crippen MR) is 83.4 cm³/mol. The van der Waals surface area contributed by atoms with E-state index >= 15 is 0 Å². The Morgan fingerprint density at radius 3 is 2.65 bits per heavy atom. The first kappa shape index (κ1) is 14.8. The zero-order chi connectivity index (χ0) is 14.2. The van der Waals surface area contributed by atoms with Gasteiger partial charge in [0.25, 0.3) is 0 Å². The molecule has 0 aromatic heterocycles. The number of rotatable bonds is 6. The van der Waals surface area contributed by atoms with Crippen molar-refractivity contribution in [1.82, 2.24) is 0 Å². The average molecular weight is 304 g/mol. The van der Waals surface area contributed by atoms with Crippen molar-refractivity contribution in [3.63, 3.8) is 0 Å². The van der Waals surface area contributed by atoms with Gasteiger partial charge in [0.1, 0.15) is 5.75 Å². The van der Waals surface area contributed by atoms with Gasteiger partial charge < -0.3 is 4.74 Å². The Morgan fingerprint density at radius 1 is 1.15 bits per heavy atom. The van der Waals surface area contributed by atoms with Crippen LogP contribution in [0.25, 0.3) is 0 Å². The Hall–Kier alpha value is -1.63. The van der Waals surface area contributed by atoms with E-state index in [1.54, 1.807) is 11.8 Å². The van der Waals surface area contributed by atoms with Crippen molar-refractivity contribution >= 4 is 23.4 Å². The molecule has 0 aliphatic rings. The maximum atomic E-state index is 8.60. The minimum atomic E-state index is 0.435. The summed E-state index contributed by atoms with van der Waals surface area (Å²) in [5, 5.41) is 9.35. The van der Waals surface area contributed by atoms with Gasteiger partial charge in [-0.1, -0.05) is 29.8 Å². The molecule has 2 aromatic carbocycles. The molecule has 2 rings (SSSR count). The summed E-state index contributed by atoms with van der Waals surface area (Å²) in [6, 6.07) is 17.6. The molecule has 0 fully saturated rings. The van der Waals surface area contributed by atoms with Gasteiger partial charge in [0, 0.05) is 15.7 Å². The van der Waals surface area contributed by atoms with Crippen LogP contribution in [-0.4, -0.2) is 12.4 Å². The standard InChI is InChI=1S/C16H14ClNOS/c17-14-2-1-3-16(12-14)20-11-10-19-15-6-4-13(5-7-15)8-9-18/h1-7,12H,8,10-11H2. The van der Waals surface area contributed by atoms with Crippen LogP contribution in [0.5, 0.6) is 5.75 Å². The highest BCUT2D eigenvalue weighted by Crippen LogP contribution is 2.21. The molecule has 0 saturated carbocycles. The van der Waals surface area contributed by atoms with Crippen molar-refractivity contribution < 1.29 is 4.74 Å². The Labute approximate surface area is 128 Å². The number of hydrogen-bond donors (Lipinski definition) is 0. The van der Waals surface area contributed by atoms with Crippen LogP contribution < -0.4 is 4.74 Å². The summed E-state index contributed by atoms with van der Waals surface area (Å²) in [7, 11) is 0. The Morgan fingerprint density at radius 2 is 1.95 bits per heavy atom. The Balaban J connectivity index is 1.74. The normalized spacial score (nSPS) is 10.0. The third-order valence-corrected chi connectivity index (χ3v) is 3.82. The van der Waals surface area contributed by atoms with Crippen LogP contribution in [0.4, 0.5) is 0 Å². The summed E-state index contributed by atoms with van der Waals surface area (Å²) in [5.74, 6) is 1.69. The number of benzene rings is 2. The second kappa shape index (κ2) is 7.84.